The van der Waals surface area contributed by atoms with Crippen LogP contribution < -0.4 is 16.3 Å². The molecule has 2 aromatic carbocycles. The van der Waals surface area contributed by atoms with Crippen molar-refractivity contribution in [1.82, 2.24) is 28.7 Å². The first-order valence-corrected chi connectivity index (χ1v) is 39.0. The number of carboxylic acids is 1. The molecule has 0 radical (unpaired) electrons. The molecule has 6 heterocycles. The molecule has 0 aliphatic heterocycles. The second-order valence-corrected chi connectivity index (χ2v) is 38.7. The predicted molar refractivity (Wildman–Crippen MR) is 385 cm³/mol. The van der Waals surface area contributed by atoms with Gasteiger partial charge in [-0.2, -0.15) is 0 Å². The summed E-state index contributed by atoms with van der Waals surface area (Å²) in [4.78, 5) is 89.4. The lowest BCUT2D eigenvalue weighted by Gasteiger charge is -2.38. The summed E-state index contributed by atoms with van der Waals surface area (Å²) in [5.41, 5.74) is 3.43. The van der Waals surface area contributed by atoms with E-state index in [9.17, 15) is 39.0 Å². The molecule has 8 rings (SSSR count). The molecule has 23 heteroatoms. The molecule has 0 saturated heterocycles. The van der Waals surface area contributed by atoms with Crippen LogP contribution in [-0.2, 0) is 31.2 Å². The normalized spacial score (nSPS) is 13.1. The van der Waals surface area contributed by atoms with E-state index in [0.717, 1.165) is 16.8 Å². The third-order valence-corrected chi connectivity index (χ3v) is 27.7. The van der Waals surface area contributed by atoms with Gasteiger partial charge in [-0.25, -0.2) is 19.4 Å². The van der Waals surface area contributed by atoms with Gasteiger partial charge in [-0.15, -0.1) is 0 Å². The summed E-state index contributed by atoms with van der Waals surface area (Å²) in [5, 5.41) is 21.9. The van der Waals surface area contributed by atoms with Crippen molar-refractivity contribution in [2.24, 2.45) is 17.8 Å². The molecule has 6 aromatic heterocycles. The molecule has 0 spiro atoms. The Morgan fingerprint density at radius 2 is 0.874 bits per heavy atom. The minimum atomic E-state index is -2.02. The summed E-state index contributed by atoms with van der Waals surface area (Å²) in [7, 11) is -4.01. The van der Waals surface area contributed by atoms with Crippen molar-refractivity contribution in [3.63, 3.8) is 0 Å². The summed E-state index contributed by atoms with van der Waals surface area (Å²) < 4.78 is 29.0. The molecule has 0 amide bonds. The highest BCUT2D eigenvalue weighted by atomic mass is 35.5. The van der Waals surface area contributed by atoms with Crippen LogP contribution in [0, 0.1) is 17.8 Å². The minimum absolute atomic E-state index is 0.00964. The van der Waals surface area contributed by atoms with Gasteiger partial charge in [0.1, 0.15) is 21.8 Å². The predicted octanol–water partition coefficient (Wildman–Crippen LogP) is 16.0. The van der Waals surface area contributed by atoms with Crippen LogP contribution >= 0.6 is 34.8 Å². The van der Waals surface area contributed by atoms with E-state index in [1.807, 2.05) is 65.4 Å². The van der Waals surface area contributed by atoms with Crippen LogP contribution in [-0.4, -0.2) is 106 Å². The number of hydrogen-bond donors (Lipinski definition) is 2. The Kier molecular flexibility index (Phi) is 26.3. The maximum atomic E-state index is 13.5. The number of pyridine rings is 6. The number of carboxylic acid groups (broad SMARTS) is 1. The smallest absolute Gasteiger partial charge is 0.343 e. The zero-order chi connectivity index (χ0) is 70.8. The third kappa shape index (κ3) is 19.0. The van der Waals surface area contributed by atoms with Gasteiger partial charge in [0.25, 0.3) is 0 Å². The molecule has 0 aliphatic carbocycles. The number of halogens is 3. The van der Waals surface area contributed by atoms with Gasteiger partial charge >= 0.3 is 17.9 Å². The van der Waals surface area contributed by atoms with Gasteiger partial charge in [-0.1, -0.05) is 142 Å². The topological polar surface area (TPSA) is 233 Å². The zero-order valence-corrected chi connectivity index (χ0v) is 62.3. The summed E-state index contributed by atoms with van der Waals surface area (Å²) in [5.74, 6) is -2.16. The summed E-state index contributed by atoms with van der Waals surface area (Å²) in [6.45, 7) is 38.9. The van der Waals surface area contributed by atoms with Gasteiger partial charge in [-0.3, -0.25) is 24.4 Å². The lowest BCUT2D eigenvalue weighted by atomic mass is 10.0. The maximum Gasteiger partial charge on any atom is 0.343 e. The SMILES string of the molecule is CC(C)[C@@H](CO)n1cc(C(=O)O)c(=O)c2cc(Cc3cccc(Cl)c3)ncc21.CCOC(=O)c1cn([C@H](CO[Si](C)(C)C(C)(C)C)C(C)C)c2cnc(Cc3cccc(Cl)c3)cc2c1=O.CCOC(=O)c1cn([C@H](CO[Si](C)(C)C(C)(C)C)C(C)C)c2cnc(Cl)cc2c1=O. The minimum Gasteiger partial charge on any atom is -0.477 e. The fourth-order valence-corrected chi connectivity index (χ4v) is 12.8. The number of hydrogen-bond acceptors (Lipinski definition) is 14. The van der Waals surface area contributed by atoms with Crippen molar-refractivity contribution >= 4 is 102 Å². The quantitative estimate of drug-likeness (QED) is 0.0365. The van der Waals surface area contributed by atoms with Crippen molar-refractivity contribution in [2.75, 3.05) is 33.0 Å². The van der Waals surface area contributed by atoms with Crippen LogP contribution in [0.15, 0.2) is 118 Å². The number of carbonyl (C=O) groups excluding carboxylic acids is 2. The Balaban J connectivity index is 0.000000228. The summed E-state index contributed by atoms with van der Waals surface area (Å²) >= 11 is 18.2. The number of rotatable bonds is 22. The molecule has 95 heavy (non-hydrogen) atoms. The molecule has 8 aromatic rings. The standard InChI is InChI=1S/C29H39ClN2O4Si.C22H33ClN2O4Si.C21H21ClN2O4/c1-9-35-28(34)24-17-32(26(19(2)3)18-36-37(7,8)29(4,5)6)25-16-31-22(15-23(25)27(24)33)14-20-11-10-12-21(30)13-20;1-9-28-21(27)16-12-25(17-11-24-19(23)10-15(17)20(16)26)18(14(2)3)13-29-30(7,8)22(4,5)6;1-12(2)19(11-25)24-10-17(21(27)28)20(26)16-8-15(23-9-18(16)24)7-13-4-3-5-14(22)6-13/h10-13,15-17,19,26H,9,14,18H2,1-8H3;10-12,14,18H,9,13H2,1-8H3;3-6,8-10,12,19,25H,7,11H2,1-2H3,(H,27,28)/t26-;18-;19-/m111/s1. The highest BCUT2D eigenvalue weighted by Crippen LogP contribution is 2.40. The Morgan fingerprint density at radius 1 is 0.526 bits per heavy atom. The molecule has 0 saturated carbocycles. The van der Waals surface area contributed by atoms with Crippen LogP contribution in [0.5, 0.6) is 0 Å². The number of aliphatic hydroxyl groups excluding tert-OH is 1. The number of ether oxygens (including phenoxy) is 2. The maximum absolute atomic E-state index is 13.5. The number of nitrogens with zero attached hydrogens (tertiary/aromatic N) is 6. The molecule has 0 aliphatic rings. The first-order valence-electron chi connectivity index (χ1n) is 32.1. The number of esters is 2. The second kappa shape index (κ2) is 32.4. The Morgan fingerprint density at radius 3 is 1.21 bits per heavy atom. The Hall–Kier alpha value is -6.89. The summed E-state index contributed by atoms with van der Waals surface area (Å²) in [6.07, 6.45) is 10.4. The van der Waals surface area contributed by atoms with Crippen LogP contribution in [0.3, 0.4) is 0 Å². The zero-order valence-electron chi connectivity index (χ0n) is 58.0. The number of carbonyl (C=O) groups is 3. The van der Waals surface area contributed by atoms with E-state index in [-0.39, 0.29) is 98.4 Å². The van der Waals surface area contributed by atoms with E-state index in [0.29, 0.717) is 69.1 Å². The average molecular weight is 1400 g/mol. The molecule has 3 atom stereocenters. The number of aromatic nitrogens is 6. The van der Waals surface area contributed by atoms with Crippen LogP contribution in [0.1, 0.15) is 169 Å². The largest absolute Gasteiger partial charge is 0.477 e. The Labute approximate surface area is 574 Å². The molecule has 2 N–H and O–H groups in total. The van der Waals surface area contributed by atoms with E-state index in [4.69, 9.17) is 53.1 Å². The number of benzene rings is 2. The molecular weight excluding hydrogens is 1300 g/mol. The number of fused-ring (bicyclic) bond motifs is 3. The molecule has 0 bridgehead atoms. The third-order valence-electron chi connectivity index (χ3n) is 18.0. The first-order chi connectivity index (χ1) is 44.4. The average Bonchev–Trinajstić information content (AvgIpc) is 0.781. The highest BCUT2D eigenvalue weighted by molar-refractivity contribution is 6.74. The lowest BCUT2D eigenvalue weighted by molar-refractivity contribution is 0.0514. The Bertz CT molecular complexity index is 4250. The van der Waals surface area contributed by atoms with Crippen LogP contribution in [0.2, 0.25) is 51.5 Å². The lowest BCUT2D eigenvalue weighted by Crippen LogP contribution is -2.42. The van der Waals surface area contributed by atoms with Crippen molar-refractivity contribution < 1.29 is 42.9 Å². The second-order valence-electron chi connectivity index (χ2n) is 27.9. The first kappa shape index (κ1) is 77.1. The van der Waals surface area contributed by atoms with Gasteiger partial charge in [0.05, 0.1) is 91.7 Å². The molecular formula is C72H93Cl3N6O12Si2. The van der Waals surface area contributed by atoms with Crippen LogP contribution in [0.25, 0.3) is 32.7 Å². The fourth-order valence-electron chi connectivity index (χ4n) is 10.2. The van der Waals surface area contributed by atoms with E-state index in [1.54, 1.807) is 67.6 Å². The number of aliphatic hydroxyl groups is 1. The van der Waals surface area contributed by atoms with Crippen LogP contribution in [0.4, 0.5) is 0 Å². The fraction of sp³-hybridized carbons (Fsp3) is 0.458. The van der Waals surface area contributed by atoms with Gasteiger partial charge < -0.3 is 42.2 Å². The van der Waals surface area contributed by atoms with Gasteiger partial charge in [0, 0.05) is 63.6 Å². The monoisotopic (exact) mass is 1390 g/mol. The summed E-state index contributed by atoms with van der Waals surface area (Å²) in [6, 6.07) is 19.2. The van der Waals surface area contributed by atoms with E-state index in [2.05, 4.69) is 110 Å². The molecule has 512 valence electrons. The van der Waals surface area contributed by atoms with Gasteiger partial charge in [-0.05, 0) is 121 Å². The van der Waals surface area contributed by atoms with Crippen molar-refractivity contribution in [3.05, 3.63) is 189 Å². The van der Waals surface area contributed by atoms with Crippen molar-refractivity contribution in [2.45, 2.75) is 164 Å². The van der Waals surface area contributed by atoms with E-state index < -0.39 is 45.4 Å². The highest BCUT2D eigenvalue weighted by Gasteiger charge is 2.40. The number of aromatic carboxylic acids is 1. The van der Waals surface area contributed by atoms with E-state index >= 15 is 0 Å². The van der Waals surface area contributed by atoms with Gasteiger partial charge in [0.2, 0.25) is 16.3 Å². The van der Waals surface area contributed by atoms with Crippen molar-refractivity contribution in [1.29, 1.82) is 0 Å². The molecule has 0 unspecified atom stereocenters. The molecule has 0 fully saturated rings. The van der Waals surface area contributed by atoms with Crippen molar-refractivity contribution in [3.8, 4) is 0 Å². The van der Waals surface area contributed by atoms with E-state index in [1.165, 1.54) is 12.3 Å². The van der Waals surface area contributed by atoms with Gasteiger partial charge in [0.15, 0.2) is 16.6 Å². The molecule has 18 nitrogen and oxygen atoms in total.